The zero-order valence-electron chi connectivity index (χ0n) is 6.01. The number of hydrogen-bond donors (Lipinski definition) is 3. The minimum absolute atomic E-state index is 0.403. The van der Waals surface area contributed by atoms with Crippen molar-refractivity contribution in [2.45, 2.75) is 19.0 Å². The van der Waals surface area contributed by atoms with Gasteiger partial charge in [0.15, 0.2) is 0 Å². The van der Waals surface area contributed by atoms with Crippen LogP contribution >= 0.6 is 0 Å². The average Bonchev–Trinajstić information content (AvgIpc) is 1.76. The molecule has 0 atom stereocenters. The first-order chi connectivity index (χ1) is 5.21. The van der Waals surface area contributed by atoms with Gasteiger partial charge < -0.3 is 18.8 Å². The summed E-state index contributed by atoms with van der Waals surface area (Å²) < 4.78 is 38.3. The van der Waals surface area contributed by atoms with Crippen LogP contribution in [0.15, 0.2) is 0 Å². The second-order valence-electron chi connectivity index (χ2n) is 2.14. The zero-order chi connectivity index (χ0) is 9.83. The molecular formula is C4H9F3O4Si. The first kappa shape index (κ1) is 11.8. The lowest BCUT2D eigenvalue weighted by molar-refractivity contribution is -0.137. The summed E-state index contributed by atoms with van der Waals surface area (Å²) in [5.41, 5.74) is 0. The van der Waals surface area contributed by atoms with E-state index in [1.165, 1.54) is 0 Å². The average molecular weight is 206 g/mol. The minimum Gasteiger partial charge on any atom is -0.368 e. The fourth-order valence-electron chi connectivity index (χ4n) is 0.482. The summed E-state index contributed by atoms with van der Waals surface area (Å²) in [4.78, 5) is 24.6. The Morgan fingerprint density at radius 2 is 1.67 bits per heavy atom. The number of hydrogen-bond acceptors (Lipinski definition) is 4. The van der Waals surface area contributed by atoms with Crippen LogP contribution in [-0.4, -0.2) is 36.2 Å². The van der Waals surface area contributed by atoms with E-state index in [9.17, 15) is 13.2 Å². The van der Waals surface area contributed by atoms with Crippen LogP contribution in [0.5, 0.6) is 0 Å². The maximum Gasteiger partial charge on any atom is 0.671 e. The molecule has 0 aliphatic carbocycles. The second-order valence-corrected chi connectivity index (χ2v) is 3.58. The van der Waals surface area contributed by atoms with E-state index in [1.54, 1.807) is 0 Å². The highest BCUT2D eigenvalue weighted by Gasteiger charge is 2.31. The van der Waals surface area contributed by atoms with Gasteiger partial charge in [0.25, 0.3) is 0 Å². The molecule has 74 valence electrons. The molecule has 0 aromatic heterocycles. The van der Waals surface area contributed by atoms with Gasteiger partial charge in [-0.1, -0.05) is 0 Å². The lowest BCUT2D eigenvalue weighted by Gasteiger charge is -2.10. The van der Waals surface area contributed by atoms with Gasteiger partial charge >= 0.3 is 15.2 Å². The Morgan fingerprint density at radius 3 is 2.00 bits per heavy atom. The molecule has 0 amide bonds. The van der Waals surface area contributed by atoms with Gasteiger partial charge in [0.2, 0.25) is 0 Å². The summed E-state index contributed by atoms with van der Waals surface area (Å²) in [6, 6.07) is 0. The van der Waals surface area contributed by atoms with Crippen LogP contribution in [0.1, 0.15) is 12.8 Å². The van der Waals surface area contributed by atoms with Crippen molar-refractivity contribution >= 4 is 9.05 Å². The topological polar surface area (TPSA) is 69.9 Å². The third kappa shape index (κ3) is 9.85. The van der Waals surface area contributed by atoms with E-state index in [-0.39, 0.29) is 0 Å². The first-order valence-electron chi connectivity index (χ1n) is 3.08. The summed E-state index contributed by atoms with van der Waals surface area (Å²) >= 11 is 0. The molecule has 0 aliphatic heterocycles. The summed E-state index contributed by atoms with van der Waals surface area (Å²) in [5.74, 6) is 0. The highest BCUT2D eigenvalue weighted by molar-refractivity contribution is 6.48. The molecule has 0 unspecified atom stereocenters. The highest BCUT2D eigenvalue weighted by Crippen LogP contribution is 2.21. The van der Waals surface area contributed by atoms with E-state index < -0.39 is 34.7 Å². The van der Waals surface area contributed by atoms with E-state index in [2.05, 4.69) is 4.43 Å². The summed E-state index contributed by atoms with van der Waals surface area (Å²) in [6.07, 6.45) is -5.76. The van der Waals surface area contributed by atoms with Crippen molar-refractivity contribution in [3.05, 3.63) is 0 Å². The molecular weight excluding hydrogens is 197 g/mol. The van der Waals surface area contributed by atoms with E-state index in [0.717, 1.165) is 0 Å². The fraction of sp³-hybridized carbons (Fsp3) is 1.00. The lowest BCUT2D eigenvalue weighted by atomic mass is 10.3. The van der Waals surface area contributed by atoms with Gasteiger partial charge in [-0.05, 0) is 6.42 Å². The van der Waals surface area contributed by atoms with Gasteiger partial charge in [-0.3, -0.25) is 0 Å². The quantitative estimate of drug-likeness (QED) is 0.438. The molecule has 8 heteroatoms. The Kier molecular flexibility index (Phi) is 4.13. The Balaban J connectivity index is 3.35. The maximum absolute atomic E-state index is 11.4. The van der Waals surface area contributed by atoms with Gasteiger partial charge in [-0.15, -0.1) is 0 Å². The SMILES string of the molecule is O[Si](O)(O)OCCCC(F)(F)F. The van der Waals surface area contributed by atoms with Crippen LogP contribution in [0, 0.1) is 0 Å². The van der Waals surface area contributed by atoms with Crippen LogP contribution in [0.4, 0.5) is 13.2 Å². The van der Waals surface area contributed by atoms with Crippen molar-refractivity contribution in [3.8, 4) is 0 Å². The van der Waals surface area contributed by atoms with Crippen LogP contribution in [0.3, 0.4) is 0 Å². The highest BCUT2D eigenvalue weighted by atomic mass is 28.4. The molecule has 0 fully saturated rings. The first-order valence-corrected chi connectivity index (χ1v) is 4.83. The molecule has 0 spiro atoms. The summed E-state index contributed by atoms with van der Waals surface area (Å²) in [5, 5.41) is 0. The monoisotopic (exact) mass is 206 g/mol. The van der Waals surface area contributed by atoms with Crippen LogP contribution < -0.4 is 0 Å². The molecule has 0 saturated heterocycles. The van der Waals surface area contributed by atoms with Crippen LogP contribution in [0.2, 0.25) is 0 Å². The van der Waals surface area contributed by atoms with Crippen molar-refractivity contribution < 1.29 is 32.0 Å². The Morgan fingerprint density at radius 1 is 1.17 bits per heavy atom. The molecule has 0 heterocycles. The van der Waals surface area contributed by atoms with Crippen molar-refractivity contribution in [1.82, 2.24) is 0 Å². The molecule has 4 nitrogen and oxygen atoms in total. The smallest absolute Gasteiger partial charge is 0.368 e. The number of rotatable bonds is 4. The molecule has 0 saturated carbocycles. The predicted molar refractivity (Wildman–Crippen MR) is 33.7 cm³/mol. The van der Waals surface area contributed by atoms with E-state index in [4.69, 9.17) is 14.4 Å². The van der Waals surface area contributed by atoms with E-state index in [1.807, 2.05) is 0 Å². The minimum atomic E-state index is -4.62. The molecule has 12 heavy (non-hydrogen) atoms. The molecule has 3 N–H and O–H groups in total. The largest absolute Gasteiger partial charge is 0.671 e. The van der Waals surface area contributed by atoms with E-state index in [0.29, 0.717) is 0 Å². The van der Waals surface area contributed by atoms with Gasteiger partial charge in [0.1, 0.15) is 0 Å². The van der Waals surface area contributed by atoms with Gasteiger partial charge in [-0.25, -0.2) is 0 Å². The second kappa shape index (κ2) is 4.19. The van der Waals surface area contributed by atoms with Crippen LogP contribution in [-0.2, 0) is 4.43 Å². The maximum atomic E-state index is 11.4. The summed E-state index contributed by atoms with van der Waals surface area (Å²) in [7, 11) is -4.62. The standard InChI is InChI=1S/C4H9F3O4Si/c5-4(6,7)2-1-3-11-12(8,9)10/h8-10H,1-3H2. The number of alkyl halides is 3. The molecule has 0 bridgehead atoms. The van der Waals surface area contributed by atoms with Crippen LogP contribution in [0.25, 0.3) is 0 Å². The number of halogens is 3. The molecule has 0 rings (SSSR count). The Hall–Kier alpha value is -0.153. The normalized spacial score (nSPS) is 13.5. The van der Waals surface area contributed by atoms with Crippen molar-refractivity contribution in [2.24, 2.45) is 0 Å². The molecule has 0 aromatic carbocycles. The molecule has 0 aliphatic rings. The van der Waals surface area contributed by atoms with Crippen molar-refractivity contribution in [2.75, 3.05) is 6.61 Å². The van der Waals surface area contributed by atoms with Gasteiger partial charge in [-0.2, -0.15) is 13.2 Å². The lowest BCUT2D eigenvalue weighted by Crippen LogP contribution is -2.39. The zero-order valence-corrected chi connectivity index (χ0v) is 7.01. The third-order valence-corrected chi connectivity index (χ3v) is 1.49. The Bertz CT molecular complexity index is 115. The third-order valence-electron chi connectivity index (χ3n) is 0.900. The van der Waals surface area contributed by atoms with Crippen molar-refractivity contribution in [3.63, 3.8) is 0 Å². The van der Waals surface area contributed by atoms with Gasteiger partial charge in [0, 0.05) is 13.0 Å². The predicted octanol–water partition coefficient (Wildman–Crippen LogP) is -0.242. The van der Waals surface area contributed by atoms with Crippen molar-refractivity contribution in [1.29, 1.82) is 0 Å². The molecule has 0 aromatic rings. The summed E-state index contributed by atoms with van der Waals surface area (Å²) in [6.45, 7) is -0.519. The van der Waals surface area contributed by atoms with Gasteiger partial charge in [0.05, 0.1) is 0 Å². The van der Waals surface area contributed by atoms with E-state index >= 15 is 0 Å². The Labute approximate surface area is 67.7 Å². The molecule has 0 radical (unpaired) electrons. The fourth-order valence-corrected chi connectivity index (χ4v) is 0.900.